The highest BCUT2D eigenvalue weighted by atomic mass is 19.1. The number of amides is 3. The van der Waals surface area contributed by atoms with Crippen LogP contribution in [0.5, 0.6) is 0 Å². The van der Waals surface area contributed by atoms with Crippen molar-refractivity contribution in [1.82, 2.24) is 16.0 Å². The van der Waals surface area contributed by atoms with Crippen LogP contribution >= 0.6 is 0 Å². The Morgan fingerprint density at radius 1 is 1.15 bits per heavy atom. The number of hydrogen-bond donors (Lipinski definition) is 4. The second-order valence-electron chi connectivity index (χ2n) is 8.28. The fourth-order valence-corrected chi connectivity index (χ4v) is 3.90. The summed E-state index contributed by atoms with van der Waals surface area (Å²) in [6.45, 7) is 0.568. The van der Waals surface area contributed by atoms with Crippen LogP contribution in [0.4, 0.5) is 4.39 Å². The molecule has 0 aromatic heterocycles. The summed E-state index contributed by atoms with van der Waals surface area (Å²) in [6, 6.07) is 13.5. The Balaban J connectivity index is 1.78. The van der Waals surface area contributed by atoms with Gasteiger partial charge in [-0.3, -0.25) is 14.4 Å². The first-order valence-electron chi connectivity index (χ1n) is 11.1. The molecule has 1 aliphatic heterocycles. The molecule has 34 heavy (non-hydrogen) atoms. The van der Waals surface area contributed by atoms with Crippen LogP contribution in [0, 0.1) is 23.1 Å². The van der Waals surface area contributed by atoms with Gasteiger partial charge in [0.25, 0.3) is 5.91 Å². The Morgan fingerprint density at radius 3 is 2.50 bits per heavy atom. The topological polar surface area (TPSA) is 131 Å². The maximum absolute atomic E-state index is 13.3. The lowest BCUT2D eigenvalue weighted by Crippen LogP contribution is -2.54. The molecule has 9 heteroatoms. The Bertz CT molecular complexity index is 1040. The Kier molecular flexibility index (Phi) is 8.71. The molecular weight excluding hydrogens is 439 g/mol. The van der Waals surface area contributed by atoms with Crippen molar-refractivity contribution in [3.8, 4) is 6.07 Å². The number of halogens is 1. The molecule has 4 atom stereocenters. The second kappa shape index (κ2) is 11.9. The van der Waals surface area contributed by atoms with Gasteiger partial charge in [0.2, 0.25) is 11.8 Å². The summed E-state index contributed by atoms with van der Waals surface area (Å²) in [6.07, 6.45) is -0.0401. The number of nitriles is 1. The lowest BCUT2D eigenvalue weighted by molar-refractivity contribution is -0.129. The van der Waals surface area contributed by atoms with Crippen LogP contribution < -0.4 is 16.0 Å². The normalized spacial score (nSPS) is 18.0. The Morgan fingerprint density at radius 2 is 1.85 bits per heavy atom. The Labute approximate surface area is 197 Å². The van der Waals surface area contributed by atoms with Crippen LogP contribution in [-0.4, -0.2) is 47.6 Å². The number of aliphatic hydroxyl groups excluding tert-OH is 1. The van der Waals surface area contributed by atoms with E-state index in [4.69, 9.17) is 0 Å². The third-order valence-electron chi connectivity index (χ3n) is 5.79. The smallest absolute Gasteiger partial charge is 0.251 e. The molecule has 1 fully saturated rings. The van der Waals surface area contributed by atoms with Crippen LogP contribution in [0.25, 0.3) is 0 Å². The lowest BCUT2D eigenvalue weighted by Gasteiger charge is -2.29. The van der Waals surface area contributed by atoms with E-state index in [1.807, 2.05) is 0 Å². The number of nitrogens with one attached hydrogen (secondary N) is 3. The first-order chi connectivity index (χ1) is 16.4. The summed E-state index contributed by atoms with van der Waals surface area (Å²) in [5.74, 6) is -2.16. The summed E-state index contributed by atoms with van der Waals surface area (Å²) in [7, 11) is 0. The van der Waals surface area contributed by atoms with Gasteiger partial charge in [-0.1, -0.05) is 30.3 Å². The van der Waals surface area contributed by atoms with Crippen molar-refractivity contribution in [3.63, 3.8) is 0 Å². The molecule has 0 bridgehead atoms. The number of aliphatic hydroxyl groups is 1. The van der Waals surface area contributed by atoms with Crippen molar-refractivity contribution in [1.29, 1.82) is 5.26 Å². The van der Waals surface area contributed by atoms with E-state index < -0.39 is 41.7 Å². The number of rotatable bonds is 9. The van der Waals surface area contributed by atoms with Gasteiger partial charge in [0.15, 0.2) is 6.10 Å². The van der Waals surface area contributed by atoms with Crippen molar-refractivity contribution < 1.29 is 23.9 Å². The summed E-state index contributed by atoms with van der Waals surface area (Å²) < 4.78 is 13.3. The van der Waals surface area contributed by atoms with Gasteiger partial charge in [0.1, 0.15) is 11.9 Å². The van der Waals surface area contributed by atoms with E-state index >= 15 is 0 Å². The number of piperidine rings is 1. The number of carbonyl (C=O) groups is 3. The largest absolute Gasteiger partial charge is 0.376 e. The van der Waals surface area contributed by atoms with Gasteiger partial charge < -0.3 is 21.1 Å². The number of benzene rings is 2. The van der Waals surface area contributed by atoms with Gasteiger partial charge in [-0.2, -0.15) is 5.26 Å². The van der Waals surface area contributed by atoms with E-state index in [2.05, 4.69) is 16.0 Å². The lowest BCUT2D eigenvalue weighted by atomic mass is 9.89. The molecule has 2 aromatic carbocycles. The van der Waals surface area contributed by atoms with Crippen molar-refractivity contribution in [3.05, 3.63) is 71.5 Å². The molecule has 178 valence electrons. The molecule has 3 amide bonds. The third-order valence-corrected chi connectivity index (χ3v) is 5.79. The molecule has 1 aliphatic rings. The highest BCUT2D eigenvalue weighted by Gasteiger charge is 2.32. The fraction of sp³-hybridized carbons (Fsp3) is 0.360. The van der Waals surface area contributed by atoms with Crippen LogP contribution in [0.1, 0.15) is 35.2 Å². The highest BCUT2D eigenvalue weighted by molar-refractivity contribution is 5.97. The van der Waals surface area contributed by atoms with E-state index in [9.17, 15) is 29.1 Å². The standard InChI is InChI=1S/C25H27FN4O4/c26-19-10-8-16(9-11-19)13-21(30-24(33)17-5-2-1-3-6-17)25(34)29-20(22(31)15-27)14-18-7-4-12-28-23(18)32/h1-3,5-6,8-11,18,20-22,31H,4,7,12-14H2,(H,28,32)(H,29,34)(H,30,33)/t18-,20-,21+,22?/m1/s1. The van der Waals surface area contributed by atoms with Gasteiger partial charge in [-0.25, -0.2) is 4.39 Å². The van der Waals surface area contributed by atoms with E-state index in [-0.39, 0.29) is 18.7 Å². The maximum atomic E-state index is 13.3. The van der Waals surface area contributed by atoms with Gasteiger partial charge in [0.05, 0.1) is 12.1 Å². The zero-order valence-corrected chi connectivity index (χ0v) is 18.5. The Hall–Kier alpha value is -3.77. The highest BCUT2D eigenvalue weighted by Crippen LogP contribution is 2.19. The molecule has 0 radical (unpaired) electrons. The first kappa shape index (κ1) is 24.9. The second-order valence-corrected chi connectivity index (χ2v) is 8.28. The molecule has 0 aliphatic carbocycles. The molecule has 2 aromatic rings. The summed E-state index contributed by atoms with van der Waals surface area (Å²) in [4.78, 5) is 38.1. The summed E-state index contributed by atoms with van der Waals surface area (Å²) >= 11 is 0. The first-order valence-corrected chi connectivity index (χ1v) is 11.1. The van der Waals surface area contributed by atoms with Crippen molar-refractivity contribution in [2.45, 2.75) is 43.9 Å². The molecule has 1 heterocycles. The monoisotopic (exact) mass is 466 g/mol. The third kappa shape index (κ3) is 6.86. The van der Waals surface area contributed by atoms with Crippen molar-refractivity contribution >= 4 is 17.7 Å². The molecular formula is C25H27FN4O4. The zero-order chi connectivity index (χ0) is 24.5. The van der Waals surface area contributed by atoms with E-state index in [1.165, 1.54) is 24.3 Å². The predicted molar refractivity (Wildman–Crippen MR) is 122 cm³/mol. The van der Waals surface area contributed by atoms with Crippen LogP contribution in [0.15, 0.2) is 54.6 Å². The minimum atomic E-state index is -1.53. The van der Waals surface area contributed by atoms with E-state index in [0.717, 1.165) is 6.42 Å². The fourth-order valence-electron chi connectivity index (χ4n) is 3.90. The van der Waals surface area contributed by atoms with Crippen LogP contribution in [0.3, 0.4) is 0 Å². The molecule has 4 N–H and O–H groups in total. The molecule has 0 spiro atoms. The predicted octanol–water partition coefficient (Wildman–Crippen LogP) is 1.45. The maximum Gasteiger partial charge on any atom is 0.251 e. The van der Waals surface area contributed by atoms with Crippen LogP contribution in [-0.2, 0) is 16.0 Å². The molecule has 0 saturated carbocycles. The van der Waals surface area contributed by atoms with Crippen molar-refractivity contribution in [2.75, 3.05) is 6.54 Å². The molecule has 8 nitrogen and oxygen atoms in total. The van der Waals surface area contributed by atoms with E-state index in [0.29, 0.717) is 24.1 Å². The SMILES string of the molecule is N#CC(O)[C@@H](C[C@H]1CCCNC1=O)NC(=O)[C@H](Cc1ccc(F)cc1)NC(=O)c1ccccc1. The number of hydrogen-bond acceptors (Lipinski definition) is 5. The minimum Gasteiger partial charge on any atom is -0.376 e. The van der Waals surface area contributed by atoms with Crippen LogP contribution in [0.2, 0.25) is 0 Å². The average Bonchev–Trinajstić information content (AvgIpc) is 2.85. The van der Waals surface area contributed by atoms with Gasteiger partial charge in [0, 0.05) is 24.4 Å². The zero-order valence-electron chi connectivity index (χ0n) is 18.5. The number of carbonyl (C=O) groups excluding carboxylic acids is 3. The van der Waals surface area contributed by atoms with Gasteiger partial charge in [-0.05, 0) is 49.1 Å². The molecule has 3 rings (SSSR count). The summed E-state index contributed by atoms with van der Waals surface area (Å²) in [5, 5.41) is 27.5. The quantitative estimate of drug-likeness (QED) is 0.416. The minimum absolute atomic E-state index is 0.0595. The van der Waals surface area contributed by atoms with Gasteiger partial charge >= 0.3 is 0 Å². The molecule has 1 saturated heterocycles. The molecule has 1 unspecified atom stereocenters. The average molecular weight is 467 g/mol. The van der Waals surface area contributed by atoms with Crippen molar-refractivity contribution in [2.24, 2.45) is 5.92 Å². The number of nitrogens with zero attached hydrogens (tertiary/aromatic N) is 1. The van der Waals surface area contributed by atoms with Gasteiger partial charge in [-0.15, -0.1) is 0 Å². The van der Waals surface area contributed by atoms with E-state index in [1.54, 1.807) is 36.4 Å². The summed E-state index contributed by atoms with van der Waals surface area (Å²) in [5.41, 5.74) is 0.964.